The topological polar surface area (TPSA) is 55.1 Å². The second kappa shape index (κ2) is 5.93. The fraction of sp³-hybridized carbons (Fsp3) is 0.125. The van der Waals surface area contributed by atoms with Crippen molar-refractivity contribution in [2.75, 3.05) is 0 Å². The van der Waals surface area contributed by atoms with Crippen LogP contribution in [0.4, 0.5) is 0 Å². The Morgan fingerprint density at radius 3 is 2.71 bits per heavy atom. The van der Waals surface area contributed by atoms with Crippen molar-refractivity contribution in [2.24, 2.45) is 0 Å². The first kappa shape index (κ1) is 13.6. The van der Waals surface area contributed by atoms with Gasteiger partial charge in [-0.15, -0.1) is 0 Å². The number of aromatic nitrogens is 2. The fourth-order valence-corrected chi connectivity index (χ4v) is 2.33. The average Bonchev–Trinajstić information content (AvgIpc) is 2.55. The van der Waals surface area contributed by atoms with Crippen LogP contribution in [0.1, 0.15) is 5.56 Å². The Bertz CT molecular complexity index is 815. The first-order valence-corrected chi connectivity index (χ1v) is 6.79. The van der Waals surface area contributed by atoms with Gasteiger partial charge in [-0.3, -0.25) is 4.79 Å². The average molecular weight is 277 g/mol. The summed E-state index contributed by atoms with van der Waals surface area (Å²) in [6.45, 7) is 0.548. The lowest BCUT2D eigenvalue weighted by atomic mass is 9.88. The van der Waals surface area contributed by atoms with E-state index in [0.717, 1.165) is 19.3 Å². The van der Waals surface area contributed by atoms with E-state index in [2.05, 4.69) is 5.10 Å². The Hall–Kier alpha value is -2.40. The van der Waals surface area contributed by atoms with Crippen LogP contribution in [0, 0.1) is 0 Å². The number of aryl methyl sites for hydroxylation is 2. The summed E-state index contributed by atoms with van der Waals surface area (Å²) in [6.07, 6.45) is 2.43. The zero-order valence-corrected chi connectivity index (χ0v) is 11.4. The zero-order chi connectivity index (χ0) is 14.7. The molecule has 2 aromatic carbocycles. The van der Waals surface area contributed by atoms with Crippen molar-refractivity contribution < 1.29 is 5.02 Å². The van der Waals surface area contributed by atoms with Crippen LogP contribution >= 0.6 is 0 Å². The van der Waals surface area contributed by atoms with E-state index < -0.39 is 0 Å². The van der Waals surface area contributed by atoms with E-state index in [4.69, 9.17) is 5.02 Å². The SMILES string of the molecule is O=c1c2ccc([B]O)cc2cnn1CCc1ccccc1. The predicted octanol–water partition coefficient (Wildman–Crippen LogP) is 0.876. The van der Waals surface area contributed by atoms with E-state index in [1.54, 1.807) is 24.4 Å². The highest BCUT2D eigenvalue weighted by Gasteiger charge is 2.05. The summed E-state index contributed by atoms with van der Waals surface area (Å²) in [4.78, 5) is 12.4. The van der Waals surface area contributed by atoms with Crippen LogP contribution in [-0.2, 0) is 13.0 Å². The third kappa shape index (κ3) is 2.88. The van der Waals surface area contributed by atoms with E-state index >= 15 is 0 Å². The molecule has 0 amide bonds. The van der Waals surface area contributed by atoms with Crippen molar-refractivity contribution in [3.63, 3.8) is 0 Å². The molecule has 0 aliphatic rings. The molecule has 0 fully saturated rings. The summed E-state index contributed by atoms with van der Waals surface area (Å²) >= 11 is 0. The first-order valence-electron chi connectivity index (χ1n) is 6.79. The maximum absolute atomic E-state index is 12.4. The number of hydrogen-bond acceptors (Lipinski definition) is 3. The van der Waals surface area contributed by atoms with E-state index in [9.17, 15) is 4.79 Å². The summed E-state index contributed by atoms with van der Waals surface area (Å²) in [7, 11) is 1.01. The molecule has 1 aromatic heterocycles. The molecule has 0 saturated heterocycles. The number of benzene rings is 2. The van der Waals surface area contributed by atoms with Crippen LogP contribution in [0.2, 0.25) is 0 Å². The molecule has 103 valence electrons. The Balaban J connectivity index is 1.90. The van der Waals surface area contributed by atoms with Crippen LogP contribution in [0.15, 0.2) is 59.5 Å². The van der Waals surface area contributed by atoms with Gasteiger partial charge in [0.05, 0.1) is 11.6 Å². The molecule has 1 heterocycles. The highest BCUT2D eigenvalue weighted by Crippen LogP contribution is 2.06. The van der Waals surface area contributed by atoms with Gasteiger partial charge < -0.3 is 5.02 Å². The molecule has 0 spiro atoms. The van der Waals surface area contributed by atoms with Crippen LogP contribution in [-0.4, -0.2) is 22.3 Å². The summed E-state index contributed by atoms with van der Waals surface area (Å²) in [5, 5.41) is 14.6. The highest BCUT2D eigenvalue weighted by molar-refractivity contribution is 6.45. The molecule has 1 radical (unpaired) electrons. The van der Waals surface area contributed by atoms with Gasteiger partial charge in [0.15, 0.2) is 0 Å². The lowest BCUT2D eigenvalue weighted by molar-refractivity contribution is 0.584. The third-order valence-corrected chi connectivity index (χ3v) is 3.48. The molecule has 0 unspecified atom stereocenters. The molecule has 0 aliphatic carbocycles. The lowest BCUT2D eigenvalue weighted by Gasteiger charge is -2.06. The second-order valence-corrected chi connectivity index (χ2v) is 4.88. The van der Waals surface area contributed by atoms with Gasteiger partial charge in [0.25, 0.3) is 5.56 Å². The smallest absolute Gasteiger partial charge is 0.326 e. The Morgan fingerprint density at radius 2 is 1.95 bits per heavy atom. The van der Waals surface area contributed by atoms with Crippen molar-refractivity contribution >= 4 is 23.7 Å². The van der Waals surface area contributed by atoms with Crippen molar-refractivity contribution in [3.05, 3.63) is 70.6 Å². The quantitative estimate of drug-likeness (QED) is 0.720. The Labute approximate surface area is 122 Å². The second-order valence-electron chi connectivity index (χ2n) is 4.88. The molecule has 0 atom stereocenters. The molecule has 3 rings (SSSR count). The maximum Gasteiger partial charge on any atom is 0.326 e. The van der Waals surface area contributed by atoms with E-state index in [1.807, 2.05) is 30.3 Å². The van der Waals surface area contributed by atoms with Crippen molar-refractivity contribution in [2.45, 2.75) is 13.0 Å². The monoisotopic (exact) mass is 277 g/mol. The maximum atomic E-state index is 12.4. The zero-order valence-electron chi connectivity index (χ0n) is 11.4. The fourth-order valence-electron chi connectivity index (χ4n) is 2.33. The molecule has 1 N–H and O–H groups in total. The van der Waals surface area contributed by atoms with Crippen molar-refractivity contribution in [3.8, 4) is 0 Å². The Morgan fingerprint density at radius 1 is 1.14 bits per heavy atom. The van der Waals surface area contributed by atoms with Crippen LogP contribution in [0.25, 0.3) is 10.8 Å². The van der Waals surface area contributed by atoms with E-state index in [1.165, 1.54) is 10.2 Å². The highest BCUT2D eigenvalue weighted by atomic mass is 16.2. The molecular weight excluding hydrogens is 263 g/mol. The first-order chi connectivity index (χ1) is 10.3. The van der Waals surface area contributed by atoms with Gasteiger partial charge in [0, 0.05) is 11.9 Å². The van der Waals surface area contributed by atoms with Crippen LogP contribution in [0.3, 0.4) is 0 Å². The minimum Gasteiger partial charge on any atom is -0.450 e. The minimum absolute atomic E-state index is 0.104. The van der Waals surface area contributed by atoms with Gasteiger partial charge >= 0.3 is 7.48 Å². The van der Waals surface area contributed by atoms with Gasteiger partial charge in [0.2, 0.25) is 0 Å². The molecule has 3 aromatic rings. The molecule has 5 heteroatoms. The molecule has 0 saturated carbocycles. The number of hydrogen-bond donors (Lipinski definition) is 1. The number of nitrogens with zero attached hydrogens (tertiary/aromatic N) is 2. The van der Waals surface area contributed by atoms with Crippen molar-refractivity contribution in [1.82, 2.24) is 9.78 Å². The molecule has 4 nitrogen and oxygen atoms in total. The summed E-state index contributed by atoms with van der Waals surface area (Å²) < 4.78 is 1.48. The third-order valence-electron chi connectivity index (χ3n) is 3.48. The van der Waals surface area contributed by atoms with Gasteiger partial charge in [0.1, 0.15) is 0 Å². The normalized spacial score (nSPS) is 10.7. The molecule has 0 aliphatic heterocycles. The van der Waals surface area contributed by atoms with Gasteiger partial charge in [-0.2, -0.15) is 5.10 Å². The number of rotatable bonds is 4. The standard InChI is InChI=1S/C16H14BN2O2/c20-16-15-7-6-14(17-21)10-13(15)11-18-19(16)9-8-12-4-2-1-3-5-12/h1-7,10-11,21H,8-9H2. The largest absolute Gasteiger partial charge is 0.450 e. The molecule has 0 bridgehead atoms. The summed E-state index contributed by atoms with van der Waals surface area (Å²) in [5.41, 5.74) is 1.73. The predicted molar refractivity (Wildman–Crippen MR) is 83.8 cm³/mol. The number of fused-ring (bicyclic) bond motifs is 1. The van der Waals surface area contributed by atoms with Gasteiger partial charge in [-0.25, -0.2) is 4.68 Å². The Kier molecular flexibility index (Phi) is 3.84. The molecular formula is C16H14BN2O2. The van der Waals surface area contributed by atoms with Crippen LogP contribution in [0.5, 0.6) is 0 Å². The van der Waals surface area contributed by atoms with Crippen LogP contribution < -0.4 is 11.0 Å². The minimum atomic E-state index is -0.104. The van der Waals surface area contributed by atoms with Gasteiger partial charge in [-0.05, 0) is 18.1 Å². The lowest BCUT2D eigenvalue weighted by Crippen LogP contribution is -2.24. The van der Waals surface area contributed by atoms with Gasteiger partial charge in [-0.1, -0.05) is 47.9 Å². The van der Waals surface area contributed by atoms with E-state index in [0.29, 0.717) is 17.4 Å². The summed E-state index contributed by atoms with van der Waals surface area (Å²) in [5.74, 6) is 0. The summed E-state index contributed by atoms with van der Waals surface area (Å²) in [6, 6.07) is 15.2. The van der Waals surface area contributed by atoms with Crippen molar-refractivity contribution in [1.29, 1.82) is 0 Å². The van der Waals surface area contributed by atoms with E-state index in [-0.39, 0.29) is 5.56 Å². The molecule has 21 heavy (non-hydrogen) atoms.